The Bertz CT molecular complexity index is 1130. The smallest absolute Gasteiger partial charge is 0.200 e. The molecular weight excluding hydrogens is 430 g/mol. The van der Waals surface area contributed by atoms with Gasteiger partial charge in [-0.15, -0.1) is 0 Å². The second kappa shape index (κ2) is 11.9. The van der Waals surface area contributed by atoms with Crippen molar-refractivity contribution >= 4 is 11.0 Å². The molecule has 0 radical (unpaired) electrons. The number of likely N-dealkylation sites (tertiary alicyclic amines) is 1. The molecule has 3 aromatic rings. The van der Waals surface area contributed by atoms with E-state index in [9.17, 15) is 4.79 Å². The predicted octanol–water partition coefficient (Wildman–Crippen LogP) is 5.90. The molecule has 1 saturated heterocycles. The fourth-order valence-corrected chi connectivity index (χ4v) is 4.57. The summed E-state index contributed by atoms with van der Waals surface area (Å²) in [6, 6.07) is 10.8. The van der Waals surface area contributed by atoms with E-state index < -0.39 is 0 Å². The Labute approximate surface area is 201 Å². The van der Waals surface area contributed by atoms with E-state index in [0.29, 0.717) is 40.2 Å². The van der Waals surface area contributed by atoms with E-state index in [0.717, 1.165) is 12.2 Å². The average molecular weight is 466 g/mol. The molecule has 1 fully saturated rings. The molecule has 6 heteroatoms. The Balaban J connectivity index is 1.31. The van der Waals surface area contributed by atoms with Gasteiger partial charge in [0.15, 0.2) is 16.9 Å². The summed E-state index contributed by atoms with van der Waals surface area (Å²) in [6.45, 7) is 4.45. The molecule has 4 rings (SSSR count). The van der Waals surface area contributed by atoms with Crippen molar-refractivity contribution in [3.63, 3.8) is 0 Å². The van der Waals surface area contributed by atoms with Crippen LogP contribution >= 0.6 is 0 Å². The lowest BCUT2D eigenvalue weighted by atomic mass is 10.0. The molecule has 2 aromatic carbocycles. The van der Waals surface area contributed by atoms with Crippen molar-refractivity contribution in [3.8, 4) is 28.4 Å². The molecule has 0 bridgehead atoms. The normalized spacial score (nSPS) is 14.3. The Morgan fingerprint density at radius 1 is 0.882 bits per heavy atom. The molecule has 0 N–H and O–H groups in total. The zero-order valence-electron chi connectivity index (χ0n) is 20.3. The van der Waals surface area contributed by atoms with Crippen molar-refractivity contribution in [2.45, 2.75) is 44.9 Å². The van der Waals surface area contributed by atoms with Crippen LogP contribution in [-0.4, -0.2) is 45.4 Å². The molecule has 1 aromatic heterocycles. The highest BCUT2D eigenvalue weighted by atomic mass is 16.5. The van der Waals surface area contributed by atoms with Gasteiger partial charge in [0.2, 0.25) is 0 Å². The van der Waals surface area contributed by atoms with E-state index in [-0.39, 0.29) is 5.43 Å². The highest BCUT2D eigenvalue weighted by molar-refractivity contribution is 5.83. The van der Waals surface area contributed by atoms with Crippen molar-refractivity contribution in [2.24, 2.45) is 0 Å². The minimum absolute atomic E-state index is 0.0891. The minimum Gasteiger partial charge on any atom is -0.493 e. The number of fused-ring (bicyclic) bond motifs is 1. The average Bonchev–Trinajstić information content (AvgIpc) is 2.88. The summed E-state index contributed by atoms with van der Waals surface area (Å²) in [4.78, 5) is 15.7. The molecule has 6 nitrogen and oxygen atoms in total. The van der Waals surface area contributed by atoms with Crippen molar-refractivity contribution in [1.82, 2.24) is 4.90 Å². The molecule has 0 spiro atoms. The Morgan fingerprint density at radius 2 is 1.68 bits per heavy atom. The van der Waals surface area contributed by atoms with Crippen LogP contribution in [-0.2, 0) is 0 Å². The SMILES string of the molecule is COc1ccc(-c2coc3cc(OCCCCCCN4CCCCC4)ccc3c2=O)cc1OC. The van der Waals surface area contributed by atoms with Gasteiger partial charge in [0.25, 0.3) is 0 Å². The van der Waals surface area contributed by atoms with Crippen LogP contribution in [0.1, 0.15) is 44.9 Å². The number of unbranched alkanes of at least 4 members (excludes halogenated alkanes) is 3. The van der Waals surface area contributed by atoms with Crippen LogP contribution in [0, 0.1) is 0 Å². The van der Waals surface area contributed by atoms with Crippen LogP contribution in [0.5, 0.6) is 17.2 Å². The standard InChI is InChI=1S/C28H35NO5/c1-31-25-13-10-21(18-27(25)32-2)24-20-34-26-19-22(11-12-23(26)28(24)30)33-17-9-4-3-6-14-29-15-7-5-8-16-29/h10-13,18-20H,3-9,14-17H2,1-2H3. The van der Waals surface area contributed by atoms with Gasteiger partial charge in [0.1, 0.15) is 17.6 Å². The second-order valence-corrected chi connectivity index (χ2v) is 8.87. The molecule has 1 aliphatic rings. The largest absolute Gasteiger partial charge is 0.493 e. The quantitative estimate of drug-likeness (QED) is 0.329. The molecule has 182 valence electrons. The number of hydrogen-bond donors (Lipinski definition) is 0. The van der Waals surface area contributed by atoms with Crippen LogP contribution < -0.4 is 19.6 Å². The van der Waals surface area contributed by atoms with Crippen LogP contribution in [0.4, 0.5) is 0 Å². The lowest BCUT2D eigenvalue weighted by Gasteiger charge is -2.26. The summed E-state index contributed by atoms with van der Waals surface area (Å²) < 4.78 is 22.4. The summed E-state index contributed by atoms with van der Waals surface area (Å²) in [5.74, 6) is 1.90. The third-order valence-electron chi connectivity index (χ3n) is 6.53. The summed E-state index contributed by atoms with van der Waals surface area (Å²) >= 11 is 0. The van der Waals surface area contributed by atoms with E-state index in [1.807, 2.05) is 12.1 Å². The molecule has 1 aliphatic heterocycles. The Hall–Kier alpha value is -2.99. The lowest BCUT2D eigenvalue weighted by molar-refractivity contribution is 0.223. The fraction of sp³-hybridized carbons (Fsp3) is 0.464. The van der Waals surface area contributed by atoms with Gasteiger partial charge < -0.3 is 23.5 Å². The maximum absolute atomic E-state index is 13.1. The second-order valence-electron chi connectivity index (χ2n) is 8.87. The number of benzene rings is 2. The van der Waals surface area contributed by atoms with Crippen LogP contribution in [0.3, 0.4) is 0 Å². The summed E-state index contributed by atoms with van der Waals surface area (Å²) in [5.41, 5.74) is 1.63. The topological polar surface area (TPSA) is 61.1 Å². The van der Waals surface area contributed by atoms with Crippen LogP contribution in [0.2, 0.25) is 0 Å². The number of nitrogens with zero attached hydrogens (tertiary/aromatic N) is 1. The van der Waals surface area contributed by atoms with Gasteiger partial charge in [-0.3, -0.25) is 4.79 Å². The zero-order valence-corrected chi connectivity index (χ0v) is 20.3. The molecule has 0 aliphatic carbocycles. The number of piperidine rings is 1. The van der Waals surface area contributed by atoms with Crippen molar-refractivity contribution in [3.05, 3.63) is 52.9 Å². The van der Waals surface area contributed by atoms with Gasteiger partial charge in [0.05, 0.1) is 31.8 Å². The number of ether oxygens (including phenoxy) is 3. The molecule has 0 amide bonds. The van der Waals surface area contributed by atoms with Gasteiger partial charge in [-0.05, 0) is 75.1 Å². The summed E-state index contributed by atoms with van der Waals surface area (Å²) in [6.07, 6.45) is 10.3. The van der Waals surface area contributed by atoms with E-state index in [1.165, 1.54) is 64.4 Å². The maximum Gasteiger partial charge on any atom is 0.200 e. The van der Waals surface area contributed by atoms with Gasteiger partial charge in [-0.1, -0.05) is 25.3 Å². The first-order valence-corrected chi connectivity index (χ1v) is 12.3. The Kier molecular flexibility index (Phi) is 8.47. The monoisotopic (exact) mass is 465 g/mol. The lowest BCUT2D eigenvalue weighted by Crippen LogP contribution is -2.30. The highest BCUT2D eigenvalue weighted by Gasteiger charge is 2.13. The fourth-order valence-electron chi connectivity index (χ4n) is 4.57. The number of hydrogen-bond acceptors (Lipinski definition) is 6. The van der Waals surface area contributed by atoms with E-state index in [2.05, 4.69) is 4.90 Å². The van der Waals surface area contributed by atoms with E-state index in [1.54, 1.807) is 38.5 Å². The first-order valence-electron chi connectivity index (χ1n) is 12.3. The van der Waals surface area contributed by atoms with Crippen molar-refractivity contribution < 1.29 is 18.6 Å². The predicted molar refractivity (Wildman–Crippen MR) is 135 cm³/mol. The summed E-state index contributed by atoms with van der Waals surface area (Å²) in [5, 5.41) is 0.525. The van der Waals surface area contributed by atoms with Gasteiger partial charge >= 0.3 is 0 Å². The van der Waals surface area contributed by atoms with Crippen LogP contribution in [0.15, 0.2) is 51.9 Å². The van der Waals surface area contributed by atoms with E-state index >= 15 is 0 Å². The third-order valence-corrected chi connectivity index (χ3v) is 6.53. The molecule has 0 saturated carbocycles. The molecule has 34 heavy (non-hydrogen) atoms. The maximum atomic E-state index is 13.1. The van der Waals surface area contributed by atoms with Crippen LogP contribution in [0.25, 0.3) is 22.1 Å². The molecule has 0 atom stereocenters. The van der Waals surface area contributed by atoms with Crippen molar-refractivity contribution in [2.75, 3.05) is 40.5 Å². The van der Waals surface area contributed by atoms with Crippen molar-refractivity contribution in [1.29, 1.82) is 0 Å². The van der Waals surface area contributed by atoms with Gasteiger partial charge in [0, 0.05) is 6.07 Å². The first kappa shape index (κ1) is 24.1. The van der Waals surface area contributed by atoms with E-state index in [4.69, 9.17) is 18.6 Å². The summed E-state index contributed by atoms with van der Waals surface area (Å²) in [7, 11) is 3.15. The number of methoxy groups -OCH3 is 2. The molecule has 0 unspecified atom stereocenters. The highest BCUT2D eigenvalue weighted by Crippen LogP contribution is 2.32. The van der Waals surface area contributed by atoms with Gasteiger partial charge in [-0.2, -0.15) is 0 Å². The molecular formula is C28H35NO5. The zero-order chi connectivity index (χ0) is 23.8. The Morgan fingerprint density at radius 3 is 2.47 bits per heavy atom. The first-order chi connectivity index (χ1) is 16.7. The van der Waals surface area contributed by atoms with Gasteiger partial charge in [-0.25, -0.2) is 0 Å². The number of rotatable bonds is 11. The molecule has 2 heterocycles. The third kappa shape index (κ3) is 5.92. The minimum atomic E-state index is -0.0891.